The molecule has 138 valence electrons. The Balaban J connectivity index is 2.18. The molecule has 1 amide bonds. The van der Waals surface area contributed by atoms with Crippen molar-refractivity contribution in [2.24, 2.45) is 0 Å². The van der Waals surface area contributed by atoms with Gasteiger partial charge in [0.05, 0.1) is 35.6 Å². The number of ketones is 1. The lowest BCUT2D eigenvalue weighted by atomic mass is 9.97. The normalized spacial score (nSPS) is 10.6. The van der Waals surface area contributed by atoms with Gasteiger partial charge in [-0.05, 0) is 18.2 Å². The first-order valence-corrected chi connectivity index (χ1v) is 7.88. The van der Waals surface area contributed by atoms with Gasteiger partial charge in [-0.1, -0.05) is 0 Å². The number of rotatable bonds is 5. The van der Waals surface area contributed by atoms with E-state index in [1.165, 1.54) is 48.8 Å². The third-order valence-corrected chi connectivity index (χ3v) is 4.10. The topological polar surface area (TPSA) is 107 Å². The highest BCUT2D eigenvalue weighted by Crippen LogP contribution is 2.29. The van der Waals surface area contributed by atoms with Gasteiger partial charge in [-0.3, -0.25) is 19.7 Å². The van der Waals surface area contributed by atoms with E-state index in [2.05, 4.69) is 4.98 Å². The molecule has 0 aliphatic rings. The molecule has 0 unspecified atom stereocenters. The molecule has 3 aromatic rings. The summed E-state index contributed by atoms with van der Waals surface area (Å²) in [5, 5.41) is 11.0. The standard InChI is InChI=1S/C18H16N4O5/c1-20(2)18(24)16-12(6-7-21-10-19-9-14(16)21)17(23)11-4-5-13(22(25)26)15(8-11)27-3/h4-10H,1-3H3. The van der Waals surface area contributed by atoms with Crippen molar-refractivity contribution in [1.82, 2.24) is 14.3 Å². The molecule has 2 aromatic heterocycles. The molecule has 0 aliphatic heterocycles. The number of nitrogens with zero attached hydrogens (tertiary/aromatic N) is 4. The van der Waals surface area contributed by atoms with Gasteiger partial charge in [-0.15, -0.1) is 0 Å². The third-order valence-electron chi connectivity index (χ3n) is 4.10. The van der Waals surface area contributed by atoms with E-state index < -0.39 is 10.7 Å². The molecule has 9 heteroatoms. The van der Waals surface area contributed by atoms with Gasteiger partial charge in [0.1, 0.15) is 0 Å². The van der Waals surface area contributed by atoms with Crippen molar-refractivity contribution >= 4 is 22.9 Å². The van der Waals surface area contributed by atoms with Crippen LogP contribution in [-0.2, 0) is 0 Å². The number of methoxy groups -OCH3 is 1. The van der Waals surface area contributed by atoms with Gasteiger partial charge in [0.25, 0.3) is 5.91 Å². The molecule has 9 nitrogen and oxygen atoms in total. The van der Waals surface area contributed by atoms with Crippen LogP contribution in [0.5, 0.6) is 5.75 Å². The number of imidazole rings is 1. The van der Waals surface area contributed by atoms with Gasteiger partial charge < -0.3 is 14.0 Å². The molecule has 27 heavy (non-hydrogen) atoms. The molecule has 0 fully saturated rings. The molecule has 0 saturated carbocycles. The molecule has 0 saturated heterocycles. The Morgan fingerprint density at radius 1 is 1.26 bits per heavy atom. The molecule has 0 spiro atoms. The zero-order chi connectivity index (χ0) is 19.7. The molecule has 0 aliphatic carbocycles. The summed E-state index contributed by atoms with van der Waals surface area (Å²) < 4.78 is 6.67. The second kappa shape index (κ2) is 6.87. The number of pyridine rings is 1. The highest BCUT2D eigenvalue weighted by Gasteiger charge is 2.25. The summed E-state index contributed by atoms with van der Waals surface area (Å²) in [6.07, 6.45) is 4.67. The molecule has 0 atom stereocenters. The van der Waals surface area contributed by atoms with Crippen LogP contribution < -0.4 is 4.74 Å². The number of ether oxygens (including phenoxy) is 1. The van der Waals surface area contributed by atoms with Crippen LogP contribution in [0.1, 0.15) is 26.3 Å². The maximum atomic E-state index is 13.1. The van der Waals surface area contributed by atoms with Crippen LogP contribution in [0.15, 0.2) is 43.0 Å². The summed E-state index contributed by atoms with van der Waals surface area (Å²) in [5.41, 5.74) is 0.812. The number of carbonyl (C=O) groups is 2. The number of nitro benzene ring substituents is 1. The molecule has 1 aromatic carbocycles. The predicted molar refractivity (Wildman–Crippen MR) is 96.3 cm³/mol. The number of fused-ring (bicyclic) bond motifs is 1. The Morgan fingerprint density at radius 3 is 2.63 bits per heavy atom. The third kappa shape index (κ3) is 3.10. The minimum absolute atomic E-state index is 0.0308. The molecular formula is C18H16N4O5. The van der Waals surface area contributed by atoms with Gasteiger partial charge in [0.2, 0.25) is 0 Å². The molecule has 3 rings (SSSR count). The van der Waals surface area contributed by atoms with Crippen molar-refractivity contribution < 1.29 is 19.2 Å². The first-order valence-electron chi connectivity index (χ1n) is 7.88. The first-order chi connectivity index (χ1) is 12.8. The van der Waals surface area contributed by atoms with Crippen LogP contribution in [0.4, 0.5) is 5.69 Å². The van der Waals surface area contributed by atoms with Crippen LogP contribution in [-0.4, -0.2) is 52.1 Å². The Hall–Kier alpha value is -3.75. The average Bonchev–Trinajstić information content (AvgIpc) is 3.14. The molecule has 2 heterocycles. The first kappa shape index (κ1) is 18.1. The zero-order valence-electron chi connectivity index (χ0n) is 14.9. The number of carbonyl (C=O) groups excluding carboxylic acids is 2. The van der Waals surface area contributed by atoms with E-state index in [1.54, 1.807) is 24.7 Å². The Bertz CT molecular complexity index is 1070. The molecule has 0 N–H and O–H groups in total. The fourth-order valence-electron chi connectivity index (χ4n) is 2.76. The van der Waals surface area contributed by atoms with E-state index in [9.17, 15) is 19.7 Å². The highest BCUT2D eigenvalue weighted by molar-refractivity contribution is 6.17. The van der Waals surface area contributed by atoms with Crippen molar-refractivity contribution in [2.45, 2.75) is 0 Å². The second-order valence-corrected chi connectivity index (χ2v) is 5.96. The number of benzene rings is 1. The lowest BCUT2D eigenvalue weighted by Gasteiger charge is -2.15. The summed E-state index contributed by atoms with van der Waals surface area (Å²) in [6, 6.07) is 5.37. The Kier molecular flexibility index (Phi) is 4.59. The maximum absolute atomic E-state index is 13.1. The smallest absolute Gasteiger partial charge is 0.310 e. The lowest BCUT2D eigenvalue weighted by molar-refractivity contribution is -0.385. The summed E-state index contributed by atoms with van der Waals surface area (Å²) >= 11 is 0. The number of amides is 1. The highest BCUT2D eigenvalue weighted by atomic mass is 16.6. The van der Waals surface area contributed by atoms with E-state index in [0.717, 1.165) is 0 Å². The van der Waals surface area contributed by atoms with Gasteiger partial charge in [0.15, 0.2) is 11.5 Å². The van der Waals surface area contributed by atoms with E-state index in [0.29, 0.717) is 5.52 Å². The predicted octanol–water partition coefficient (Wildman–Crippen LogP) is 2.18. The quantitative estimate of drug-likeness (QED) is 0.388. The SMILES string of the molecule is COc1cc(C(=O)c2ccn3cncc3c2C(=O)N(C)C)ccc1[N+](=O)[O-]. The van der Waals surface area contributed by atoms with Crippen LogP contribution in [0.2, 0.25) is 0 Å². The van der Waals surface area contributed by atoms with Crippen LogP contribution in [0.3, 0.4) is 0 Å². The second-order valence-electron chi connectivity index (χ2n) is 5.96. The minimum atomic E-state index is -0.591. The van der Waals surface area contributed by atoms with Crippen molar-refractivity contribution in [3.8, 4) is 5.75 Å². The van der Waals surface area contributed by atoms with Crippen molar-refractivity contribution in [3.63, 3.8) is 0 Å². The molecule has 0 bridgehead atoms. The Labute approximate surface area is 154 Å². The number of hydrogen-bond acceptors (Lipinski definition) is 6. The zero-order valence-corrected chi connectivity index (χ0v) is 14.9. The lowest BCUT2D eigenvalue weighted by Crippen LogP contribution is -2.25. The van der Waals surface area contributed by atoms with Gasteiger partial charge in [-0.2, -0.15) is 0 Å². The number of aromatic nitrogens is 2. The van der Waals surface area contributed by atoms with E-state index >= 15 is 0 Å². The fraction of sp³-hybridized carbons (Fsp3) is 0.167. The van der Waals surface area contributed by atoms with Crippen molar-refractivity contribution in [3.05, 3.63) is 69.8 Å². The van der Waals surface area contributed by atoms with Crippen molar-refractivity contribution in [1.29, 1.82) is 0 Å². The summed E-state index contributed by atoms with van der Waals surface area (Å²) in [6.45, 7) is 0. The summed E-state index contributed by atoms with van der Waals surface area (Å²) in [4.78, 5) is 41.6. The van der Waals surface area contributed by atoms with Gasteiger partial charge >= 0.3 is 5.69 Å². The number of nitro groups is 1. The minimum Gasteiger partial charge on any atom is -0.490 e. The average molecular weight is 368 g/mol. The van der Waals surface area contributed by atoms with Crippen LogP contribution in [0, 0.1) is 10.1 Å². The monoisotopic (exact) mass is 368 g/mol. The maximum Gasteiger partial charge on any atom is 0.310 e. The largest absolute Gasteiger partial charge is 0.490 e. The fourth-order valence-corrected chi connectivity index (χ4v) is 2.76. The van der Waals surface area contributed by atoms with Gasteiger partial charge in [0, 0.05) is 37.5 Å². The molecule has 0 radical (unpaired) electrons. The van der Waals surface area contributed by atoms with E-state index in [1.807, 2.05) is 0 Å². The van der Waals surface area contributed by atoms with Crippen molar-refractivity contribution in [2.75, 3.05) is 21.2 Å². The van der Waals surface area contributed by atoms with Gasteiger partial charge in [-0.25, -0.2) is 4.98 Å². The molecular weight excluding hydrogens is 352 g/mol. The Morgan fingerprint density at radius 2 is 2.00 bits per heavy atom. The van der Waals surface area contributed by atoms with E-state index in [4.69, 9.17) is 4.74 Å². The van der Waals surface area contributed by atoms with E-state index in [-0.39, 0.29) is 34.0 Å². The van der Waals surface area contributed by atoms with Crippen LogP contribution in [0.25, 0.3) is 5.52 Å². The number of hydrogen-bond donors (Lipinski definition) is 0. The van der Waals surface area contributed by atoms with Crippen LogP contribution >= 0.6 is 0 Å². The summed E-state index contributed by atoms with van der Waals surface area (Å²) in [5.74, 6) is -0.827. The summed E-state index contributed by atoms with van der Waals surface area (Å²) in [7, 11) is 4.46.